The highest BCUT2D eigenvalue weighted by molar-refractivity contribution is 9.10. The Morgan fingerprint density at radius 3 is 2.56 bits per heavy atom. The lowest BCUT2D eigenvalue weighted by Gasteiger charge is -2.34. The van der Waals surface area contributed by atoms with Gasteiger partial charge in [-0.3, -0.25) is 4.98 Å². The van der Waals surface area contributed by atoms with Crippen LogP contribution in [0.2, 0.25) is 0 Å². The van der Waals surface area contributed by atoms with E-state index in [1.165, 1.54) is 0 Å². The van der Waals surface area contributed by atoms with Crippen LogP contribution in [0, 0.1) is 5.41 Å². The molecule has 1 rings (SSSR count). The second kappa shape index (κ2) is 6.64. The fourth-order valence-corrected chi connectivity index (χ4v) is 2.45. The summed E-state index contributed by atoms with van der Waals surface area (Å²) in [5, 5.41) is 10.4. The maximum absolute atomic E-state index is 10.4. The molecule has 0 radical (unpaired) electrons. The molecule has 0 aliphatic heterocycles. The number of aromatic nitrogens is 1. The number of hydrogen-bond acceptors (Lipinski definition) is 3. The van der Waals surface area contributed by atoms with E-state index in [1.54, 1.807) is 12.4 Å². The Morgan fingerprint density at radius 1 is 1.39 bits per heavy atom. The van der Waals surface area contributed by atoms with Crippen LogP contribution in [0.1, 0.15) is 33.3 Å². The minimum Gasteiger partial charge on any atom is -0.390 e. The first kappa shape index (κ1) is 15.6. The summed E-state index contributed by atoms with van der Waals surface area (Å²) in [5.74, 6) is 0. The number of ether oxygens (including phenoxy) is 1. The fraction of sp³-hybridized carbons (Fsp3) is 0.643. The summed E-state index contributed by atoms with van der Waals surface area (Å²) in [7, 11) is 0. The topological polar surface area (TPSA) is 42.4 Å². The van der Waals surface area contributed by atoms with Crippen LogP contribution >= 0.6 is 15.9 Å². The molecule has 0 saturated heterocycles. The van der Waals surface area contributed by atoms with Crippen LogP contribution in [0.4, 0.5) is 0 Å². The number of halogens is 1. The van der Waals surface area contributed by atoms with E-state index in [4.69, 9.17) is 4.74 Å². The zero-order valence-corrected chi connectivity index (χ0v) is 13.1. The van der Waals surface area contributed by atoms with Gasteiger partial charge in [-0.25, -0.2) is 0 Å². The summed E-state index contributed by atoms with van der Waals surface area (Å²) in [4.78, 5) is 4.11. The van der Waals surface area contributed by atoms with E-state index in [0.29, 0.717) is 13.0 Å². The highest BCUT2D eigenvalue weighted by Crippen LogP contribution is 2.27. The molecule has 2 unspecified atom stereocenters. The van der Waals surface area contributed by atoms with E-state index in [-0.39, 0.29) is 11.5 Å². The molecule has 1 heterocycles. The second-order valence-electron chi connectivity index (χ2n) is 5.52. The van der Waals surface area contributed by atoms with Crippen molar-refractivity contribution in [2.45, 2.75) is 46.3 Å². The molecular weight excluding hydrogens is 294 g/mol. The molecule has 0 fully saturated rings. The second-order valence-corrected chi connectivity index (χ2v) is 6.44. The summed E-state index contributed by atoms with van der Waals surface area (Å²) < 4.78 is 6.62. The summed E-state index contributed by atoms with van der Waals surface area (Å²) in [6, 6.07) is 1.97. The van der Waals surface area contributed by atoms with Crippen molar-refractivity contribution >= 4 is 15.9 Å². The molecule has 1 N–H and O–H groups in total. The quantitative estimate of drug-likeness (QED) is 0.907. The van der Waals surface area contributed by atoms with Gasteiger partial charge in [0.1, 0.15) is 0 Å². The minimum atomic E-state index is -0.527. The van der Waals surface area contributed by atoms with Crippen molar-refractivity contribution in [3.8, 4) is 0 Å². The van der Waals surface area contributed by atoms with Gasteiger partial charge in [-0.15, -0.1) is 0 Å². The molecule has 1 aromatic rings. The van der Waals surface area contributed by atoms with E-state index in [2.05, 4.69) is 41.7 Å². The molecule has 0 amide bonds. The summed E-state index contributed by atoms with van der Waals surface area (Å²) in [6.07, 6.45) is 3.36. The highest BCUT2D eigenvalue weighted by Gasteiger charge is 2.31. The molecule has 18 heavy (non-hydrogen) atoms. The van der Waals surface area contributed by atoms with E-state index in [0.717, 1.165) is 10.0 Å². The summed E-state index contributed by atoms with van der Waals surface area (Å²) in [6.45, 7) is 8.79. The molecule has 0 saturated carbocycles. The van der Waals surface area contributed by atoms with Crippen molar-refractivity contribution in [1.82, 2.24) is 4.98 Å². The largest absolute Gasteiger partial charge is 0.390 e. The van der Waals surface area contributed by atoms with Gasteiger partial charge in [-0.05, 0) is 39.9 Å². The average molecular weight is 316 g/mol. The first-order valence-corrected chi connectivity index (χ1v) is 7.03. The van der Waals surface area contributed by atoms with Crippen molar-refractivity contribution in [3.63, 3.8) is 0 Å². The molecule has 2 atom stereocenters. The lowest BCUT2D eigenvalue weighted by molar-refractivity contribution is -0.0873. The maximum atomic E-state index is 10.4. The predicted molar refractivity (Wildman–Crippen MR) is 76.5 cm³/mol. The Hall–Kier alpha value is -0.450. The van der Waals surface area contributed by atoms with Gasteiger partial charge in [0.15, 0.2) is 0 Å². The number of nitrogens with zero attached hydrogens (tertiary/aromatic N) is 1. The molecule has 4 heteroatoms. The Morgan fingerprint density at radius 2 is 2.06 bits per heavy atom. The van der Waals surface area contributed by atoms with Crippen LogP contribution in [0.5, 0.6) is 0 Å². The number of pyridine rings is 1. The van der Waals surface area contributed by atoms with Crippen molar-refractivity contribution in [2.24, 2.45) is 5.41 Å². The summed E-state index contributed by atoms with van der Waals surface area (Å²) >= 11 is 3.38. The number of rotatable bonds is 5. The van der Waals surface area contributed by atoms with Gasteiger partial charge < -0.3 is 9.84 Å². The average Bonchev–Trinajstić information content (AvgIpc) is 2.24. The van der Waals surface area contributed by atoms with Crippen LogP contribution in [0.15, 0.2) is 22.9 Å². The van der Waals surface area contributed by atoms with Gasteiger partial charge in [0, 0.05) is 29.9 Å². The number of hydrogen-bond donors (Lipinski definition) is 1. The Labute approximate surface area is 118 Å². The molecule has 1 aromatic heterocycles. The fourth-order valence-electron chi connectivity index (χ4n) is 2.03. The monoisotopic (exact) mass is 315 g/mol. The molecular formula is C14H22BrNO2. The number of aliphatic hydroxyl groups is 1. The zero-order valence-electron chi connectivity index (χ0n) is 11.5. The molecule has 0 aliphatic rings. The smallest absolute Gasteiger partial charge is 0.0885 e. The van der Waals surface area contributed by atoms with Crippen LogP contribution in [0.3, 0.4) is 0 Å². The van der Waals surface area contributed by atoms with Crippen LogP contribution in [-0.2, 0) is 11.2 Å². The van der Waals surface area contributed by atoms with E-state index in [9.17, 15) is 5.11 Å². The normalized spacial score (nSPS) is 15.4. The number of aliphatic hydroxyl groups excluding tert-OH is 1. The highest BCUT2D eigenvalue weighted by atomic mass is 79.9. The van der Waals surface area contributed by atoms with E-state index < -0.39 is 6.10 Å². The Bertz CT molecular complexity index is 376. The molecule has 0 bridgehead atoms. The Balaban J connectivity index is 2.75. The first-order chi connectivity index (χ1) is 8.34. The molecule has 0 spiro atoms. The lowest BCUT2D eigenvalue weighted by Crippen LogP contribution is -2.41. The summed E-state index contributed by atoms with van der Waals surface area (Å²) in [5.41, 5.74) is 0.917. The van der Waals surface area contributed by atoms with Gasteiger partial charge in [0.25, 0.3) is 0 Å². The third kappa shape index (κ3) is 4.67. The van der Waals surface area contributed by atoms with Crippen LogP contribution in [0.25, 0.3) is 0 Å². The molecule has 0 aliphatic carbocycles. The zero-order chi connectivity index (χ0) is 13.8. The predicted octanol–water partition coefficient (Wildman–Crippen LogP) is 3.20. The maximum Gasteiger partial charge on any atom is 0.0885 e. The van der Waals surface area contributed by atoms with Crippen LogP contribution < -0.4 is 0 Å². The third-order valence-electron chi connectivity index (χ3n) is 2.76. The Kier molecular flexibility index (Phi) is 5.76. The first-order valence-electron chi connectivity index (χ1n) is 6.23. The van der Waals surface area contributed by atoms with Gasteiger partial charge in [0.2, 0.25) is 0 Å². The standard InChI is InChI=1S/C14H22BrNO2/c1-5-18-13(14(2,3)4)12(17)7-10-6-11(15)9-16-8-10/h6,8-9,12-13,17H,5,7H2,1-4H3. The molecule has 0 aromatic carbocycles. The van der Waals surface area contributed by atoms with Crippen molar-refractivity contribution in [2.75, 3.05) is 6.61 Å². The minimum absolute atomic E-state index is 0.0884. The van der Waals surface area contributed by atoms with Crippen LogP contribution in [-0.4, -0.2) is 28.9 Å². The molecule has 102 valence electrons. The van der Waals surface area contributed by atoms with Gasteiger partial charge in [-0.1, -0.05) is 20.8 Å². The van der Waals surface area contributed by atoms with Gasteiger partial charge in [-0.2, -0.15) is 0 Å². The third-order valence-corrected chi connectivity index (χ3v) is 3.19. The van der Waals surface area contributed by atoms with Gasteiger partial charge in [0.05, 0.1) is 12.2 Å². The van der Waals surface area contributed by atoms with E-state index in [1.807, 2.05) is 13.0 Å². The van der Waals surface area contributed by atoms with Crippen molar-refractivity contribution in [3.05, 3.63) is 28.5 Å². The molecule has 3 nitrogen and oxygen atoms in total. The van der Waals surface area contributed by atoms with Crippen molar-refractivity contribution in [1.29, 1.82) is 0 Å². The van der Waals surface area contributed by atoms with Gasteiger partial charge >= 0.3 is 0 Å². The lowest BCUT2D eigenvalue weighted by atomic mass is 9.84. The van der Waals surface area contributed by atoms with Crippen molar-refractivity contribution < 1.29 is 9.84 Å². The SMILES string of the molecule is CCOC(C(O)Cc1cncc(Br)c1)C(C)(C)C. The van der Waals surface area contributed by atoms with E-state index >= 15 is 0 Å².